The highest BCUT2D eigenvalue weighted by Gasteiger charge is 2.37. The second kappa shape index (κ2) is 5.57. The first-order chi connectivity index (χ1) is 8.53. The molecule has 0 bridgehead atoms. The van der Waals surface area contributed by atoms with E-state index in [0.29, 0.717) is 13.0 Å². The van der Waals surface area contributed by atoms with Crippen LogP contribution in [0.5, 0.6) is 0 Å². The van der Waals surface area contributed by atoms with E-state index in [1.165, 1.54) is 0 Å². The summed E-state index contributed by atoms with van der Waals surface area (Å²) in [6, 6.07) is 0.284. The molecule has 0 radical (unpaired) electrons. The fraction of sp³-hybridized carbons (Fsp3) is 0.917. The lowest BCUT2D eigenvalue weighted by molar-refractivity contribution is -0.137. The maximum absolute atomic E-state index is 12.4. The molecular weight excluding hydrogens is 252 g/mol. The van der Waals surface area contributed by atoms with Crippen molar-refractivity contribution in [3.05, 3.63) is 0 Å². The third-order valence-corrected chi connectivity index (χ3v) is 5.72. The summed E-state index contributed by atoms with van der Waals surface area (Å²) in [5.41, 5.74) is 0. The SMILES string of the molecule is CCN(C(=O)C1CCS(=O)(=O)C1)C1CCNCC1. The second-order valence-electron chi connectivity index (χ2n) is 5.21. The van der Waals surface area contributed by atoms with Crippen LogP contribution in [0.15, 0.2) is 0 Å². The van der Waals surface area contributed by atoms with Gasteiger partial charge in [0.1, 0.15) is 0 Å². The maximum Gasteiger partial charge on any atom is 0.226 e. The molecule has 1 unspecified atom stereocenters. The summed E-state index contributed by atoms with van der Waals surface area (Å²) in [5, 5.41) is 3.28. The van der Waals surface area contributed by atoms with Gasteiger partial charge in [-0.05, 0) is 39.3 Å². The van der Waals surface area contributed by atoms with Crippen molar-refractivity contribution in [1.82, 2.24) is 10.2 Å². The number of sulfone groups is 1. The smallest absolute Gasteiger partial charge is 0.226 e. The van der Waals surface area contributed by atoms with E-state index >= 15 is 0 Å². The van der Waals surface area contributed by atoms with Crippen LogP contribution >= 0.6 is 0 Å². The summed E-state index contributed by atoms with van der Waals surface area (Å²) in [4.78, 5) is 14.3. The molecule has 1 amide bonds. The highest BCUT2D eigenvalue weighted by atomic mass is 32.2. The highest BCUT2D eigenvalue weighted by Crippen LogP contribution is 2.23. The topological polar surface area (TPSA) is 66.5 Å². The third-order valence-electron chi connectivity index (χ3n) is 3.95. The molecule has 5 nitrogen and oxygen atoms in total. The van der Waals surface area contributed by atoms with E-state index in [0.717, 1.165) is 25.9 Å². The average molecular weight is 274 g/mol. The first kappa shape index (κ1) is 13.8. The Morgan fingerprint density at radius 3 is 2.44 bits per heavy atom. The number of rotatable bonds is 3. The van der Waals surface area contributed by atoms with E-state index in [2.05, 4.69) is 5.32 Å². The summed E-state index contributed by atoms with van der Waals surface area (Å²) < 4.78 is 22.9. The van der Waals surface area contributed by atoms with Crippen LogP contribution in [0.25, 0.3) is 0 Å². The second-order valence-corrected chi connectivity index (χ2v) is 7.43. The third kappa shape index (κ3) is 3.03. The Kier molecular flexibility index (Phi) is 4.27. The van der Waals surface area contributed by atoms with Crippen molar-refractivity contribution in [1.29, 1.82) is 0 Å². The lowest BCUT2D eigenvalue weighted by Gasteiger charge is -2.35. The molecule has 104 valence electrons. The van der Waals surface area contributed by atoms with Crippen LogP contribution in [0.2, 0.25) is 0 Å². The zero-order valence-corrected chi connectivity index (χ0v) is 11.7. The van der Waals surface area contributed by atoms with Crippen LogP contribution in [0.3, 0.4) is 0 Å². The molecule has 0 spiro atoms. The van der Waals surface area contributed by atoms with Crippen molar-refractivity contribution in [2.45, 2.75) is 32.2 Å². The van der Waals surface area contributed by atoms with Crippen molar-refractivity contribution in [3.8, 4) is 0 Å². The van der Waals surface area contributed by atoms with Gasteiger partial charge in [-0.15, -0.1) is 0 Å². The van der Waals surface area contributed by atoms with Crippen LogP contribution in [0, 0.1) is 5.92 Å². The molecule has 6 heteroatoms. The standard InChI is InChI=1S/C12H22N2O3S/c1-2-14(11-3-6-13-7-4-11)12(15)10-5-8-18(16,17)9-10/h10-11,13H,2-9H2,1H3. The summed E-state index contributed by atoms with van der Waals surface area (Å²) in [6.45, 7) is 4.54. The summed E-state index contributed by atoms with van der Waals surface area (Å²) in [5.74, 6) is -0.0316. The fourth-order valence-electron chi connectivity index (χ4n) is 2.94. The number of hydrogen-bond acceptors (Lipinski definition) is 4. The van der Waals surface area contributed by atoms with Crippen LogP contribution in [0.4, 0.5) is 0 Å². The molecule has 0 aromatic rings. The number of piperidine rings is 1. The van der Waals surface area contributed by atoms with Crippen molar-refractivity contribution in [2.24, 2.45) is 5.92 Å². The lowest BCUT2D eigenvalue weighted by atomic mass is 10.0. The number of carbonyl (C=O) groups is 1. The van der Waals surface area contributed by atoms with Gasteiger partial charge in [-0.1, -0.05) is 0 Å². The number of nitrogens with zero attached hydrogens (tertiary/aromatic N) is 1. The molecule has 2 saturated heterocycles. The Bertz CT molecular complexity index is 402. The van der Waals surface area contributed by atoms with Gasteiger partial charge in [-0.25, -0.2) is 8.42 Å². The molecule has 2 aliphatic heterocycles. The Labute approximate surface area is 109 Å². The van der Waals surface area contributed by atoms with Crippen molar-refractivity contribution in [2.75, 3.05) is 31.1 Å². The van der Waals surface area contributed by atoms with Crippen molar-refractivity contribution >= 4 is 15.7 Å². The van der Waals surface area contributed by atoms with Gasteiger partial charge in [-0.3, -0.25) is 4.79 Å². The van der Waals surface area contributed by atoms with Crippen LogP contribution in [-0.4, -0.2) is 56.4 Å². The van der Waals surface area contributed by atoms with E-state index in [4.69, 9.17) is 0 Å². The molecule has 0 saturated carbocycles. The number of hydrogen-bond donors (Lipinski definition) is 1. The zero-order valence-electron chi connectivity index (χ0n) is 10.9. The van der Waals surface area contributed by atoms with Crippen molar-refractivity contribution in [3.63, 3.8) is 0 Å². The quantitative estimate of drug-likeness (QED) is 0.788. The molecule has 1 N–H and O–H groups in total. The molecule has 2 fully saturated rings. The Morgan fingerprint density at radius 2 is 1.94 bits per heavy atom. The van der Waals surface area contributed by atoms with Gasteiger partial charge in [0.2, 0.25) is 5.91 Å². The molecule has 2 heterocycles. The predicted octanol–water partition coefficient (Wildman–Crippen LogP) is 0.0216. The van der Waals surface area contributed by atoms with Crippen molar-refractivity contribution < 1.29 is 13.2 Å². The summed E-state index contributed by atoms with van der Waals surface area (Å²) in [6.07, 6.45) is 2.45. The summed E-state index contributed by atoms with van der Waals surface area (Å²) in [7, 11) is -2.97. The van der Waals surface area contributed by atoms with E-state index in [-0.39, 0.29) is 29.4 Å². The van der Waals surface area contributed by atoms with Gasteiger partial charge in [-0.2, -0.15) is 0 Å². The molecule has 0 aromatic heterocycles. The van der Waals surface area contributed by atoms with E-state index in [1.807, 2.05) is 11.8 Å². The average Bonchev–Trinajstić information content (AvgIpc) is 2.72. The number of amides is 1. The van der Waals surface area contributed by atoms with Crippen LogP contribution in [0.1, 0.15) is 26.2 Å². The zero-order chi connectivity index (χ0) is 13.2. The predicted molar refractivity (Wildman–Crippen MR) is 70.0 cm³/mol. The Balaban J connectivity index is 2.01. The number of carbonyl (C=O) groups excluding carboxylic acids is 1. The van der Waals surface area contributed by atoms with E-state index in [9.17, 15) is 13.2 Å². The first-order valence-electron chi connectivity index (χ1n) is 6.75. The van der Waals surface area contributed by atoms with Gasteiger partial charge >= 0.3 is 0 Å². The normalized spacial score (nSPS) is 28.2. The van der Waals surface area contributed by atoms with Gasteiger partial charge in [0.05, 0.1) is 17.4 Å². The van der Waals surface area contributed by atoms with E-state index in [1.54, 1.807) is 0 Å². The molecule has 18 heavy (non-hydrogen) atoms. The van der Waals surface area contributed by atoms with Gasteiger partial charge in [0.25, 0.3) is 0 Å². The minimum atomic E-state index is -2.97. The van der Waals surface area contributed by atoms with Gasteiger partial charge in [0.15, 0.2) is 9.84 Å². The molecule has 2 aliphatic rings. The monoisotopic (exact) mass is 274 g/mol. The first-order valence-corrected chi connectivity index (χ1v) is 8.57. The molecule has 0 aliphatic carbocycles. The minimum Gasteiger partial charge on any atom is -0.340 e. The minimum absolute atomic E-state index is 0.0467. The fourth-order valence-corrected chi connectivity index (χ4v) is 4.67. The largest absolute Gasteiger partial charge is 0.340 e. The van der Waals surface area contributed by atoms with Gasteiger partial charge in [0, 0.05) is 12.6 Å². The lowest BCUT2D eigenvalue weighted by Crippen LogP contribution is -2.48. The molecular formula is C12H22N2O3S. The molecule has 0 aromatic carbocycles. The maximum atomic E-state index is 12.4. The molecule has 1 atom stereocenters. The highest BCUT2D eigenvalue weighted by molar-refractivity contribution is 7.91. The van der Waals surface area contributed by atoms with Crippen LogP contribution in [-0.2, 0) is 14.6 Å². The Hall–Kier alpha value is -0.620. The summed E-state index contributed by atoms with van der Waals surface area (Å²) >= 11 is 0. The van der Waals surface area contributed by atoms with Crippen LogP contribution < -0.4 is 5.32 Å². The van der Waals surface area contributed by atoms with E-state index < -0.39 is 9.84 Å². The Morgan fingerprint density at radius 1 is 1.28 bits per heavy atom. The number of nitrogens with one attached hydrogen (secondary N) is 1. The molecule has 2 rings (SSSR count). The van der Waals surface area contributed by atoms with Gasteiger partial charge < -0.3 is 10.2 Å².